The summed E-state index contributed by atoms with van der Waals surface area (Å²) in [6, 6.07) is 4.66. The highest BCUT2D eigenvalue weighted by molar-refractivity contribution is 5.76. The van der Waals surface area contributed by atoms with Crippen LogP contribution < -0.4 is 10.6 Å². The van der Waals surface area contributed by atoms with E-state index in [1.807, 2.05) is 0 Å². The zero-order chi connectivity index (χ0) is 14.4. The molecule has 0 atom stereocenters. The first-order chi connectivity index (χ1) is 8.93. The molecule has 0 fully saturated rings. The lowest BCUT2D eigenvalue weighted by molar-refractivity contribution is -0.384. The van der Waals surface area contributed by atoms with Crippen LogP contribution in [0.15, 0.2) is 18.2 Å². The third kappa shape index (κ3) is 4.46. The van der Waals surface area contributed by atoms with Crippen LogP contribution in [0.3, 0.4) is 0 Å². The Hall–Kier alpha value is -2.31. The van der Waals surface area contributed by atoms with Crippen LogP contribution in [0.2, 0.25) is 0 Å². The molecule has 7 heteroatoms. The van der Waals surface area contributed by atoms with Crippen LogP contribution in [0.1, 0.15) is 6.42 Å². The summed E-state index contributed by atoms with van der Waals surface area (Å²) in [4.78, 5) is 23.2. The highest BCUT2D eigenvalue weighted by Crippen LogP contribution is 2.23. The molecule has 0 saturated heterocycles. The number of carbonyl (C=O) groups excluding carboxylic acids is 1. The predicted molar refractivity (Wildman–Crippen MR) is 74.4 cm³/mol. The van der Waals surface area contributed by atoms with Gasteiger partial charge in [-0.3, -0.25) is 14.9 Å². The van der Waals surface area contributed by atoms with Gasteiger partial charge in [0.1, 0.15) is 0 Å². The number of hydrogen-bond acceptors (Lipinski definition) is 5. The summed E-state index contributed by atoms with van der Waals surface area (Å²) in [6.45, 7) is 0.432. The second-order valence-corrected chi connectivity index (χ2v) is 4.24. The number of nitrogens with one attached hydrogen (secondary N) is 2. The molecule has 0 radical (unpaired) electrons. The number of carbonyl (C=O) groups is 1. The van der Waals surface area contributed by atoms with Crippen LogP contribution in [0.5, 0.6) is 0 Å². The van der Waals surface area contributed by atoms with Crippen molar-refractivity contribution < 1.29 is 9.72 Å². The number of hydrogen-bond donors (Lipinski definition) is 2. The van der Waals surface area contributed by atoms with Gasteiger partial charge in [-0.2, -0.15) is 0 Å². The Morgan fingerprint density at radius 1 is 1.32 bits per heavy atom. The molecule has 0 spiro atoms. The molecular weight excluding hydrogens is 248 g/mol. The lowest BCUT2D eigenvalue weighted by Crippen LogP contribution is -2.23. The Balaban J connectivity index is 2.70. The SMILES string of the molecule is CNc1cc(NCCC(=O)N(C)C)cc([N+](=O)[O-])c1. The number of nitro groups is 1. The first-order valence-electron chi connectivity index (χ1n) is 5.85. The minimum Gasteiger partial charge on any atom is -0.388 e. The van der Waals surface area contributed by atoms with Crippen LogP contribution in [0.25, 0.3) is 0 Å². The van der Waals surface area contributed by atoms with E-state index in [1.54, 1.807) is 27.2 Å². The van der Waals surface area contributed by atoms with Gasteiger partial charge in [-0.1, -0.05) is 0 Å². The maximum absolute atomic E-state index is 11.4. The highest BCUT2D eigenvalue weighted by Gasteiger charge is 2.09. The molecule has 104 valence electrons. The van der Waals surface area contributed by atoms with E-state index in [0.29, 0.717) is 24.3 Å². The van der Waals surface area contributed by atoms with Crippen LogP contribution in [0, 0.1) is 10.1 Å². The molecular formula is C12H18N4O3. The number of nitrogens with zero attached hydrogens (tertiary/aromatic N) is 2. The molecule has 1 aromatic carbocycles. The molecule has 1 amide bonds. The molecule has 1 aromatic rings. The first-order valence-corrected chi connectivity index (χ1v) is 5.85. The van der Waals surface area contributed by atoms with Gasteiger partial charge >= 0.3 is 0 Å². The molecule has 19 heavy (non-hydrogen) atoms. The lowest BCUT2D eigenvalue weighted by Gasteiger charge is -2.11. The summed E-state index contributed by atoms with van der Waals surface area (Å²) in [5.74, 6) is 0.00627. The Morgan fingerprint density at radius 3 is 2.47 bits per heavy atom. The van der Waals surface area contributed by atoms with E-state index < -0.39 is 4.92 Å². The van der Waals surface area contributed by atoms with E-state index in [4.69, 9.17) is 0 Å². The molecule has 0 unspecified atom stereocenters. The van der Waals surface area contributed by atoms with E-state index >= 15 is 0 Å². The monoisotopic (exact) mass is 266 g/mol. The predicted octanol–water partition coefficient (Wildman–Crippen LogP) is 1.53. The van der Waals surface area contributed by atoms with Gasteiger partial charge in [-0.05, 0) is 6.07 Å². The van der Waals surface area contributed by atoms with Crippen molar-refractivity contribution in [2.24, 2.45) is 0 Å². The fraction of sp³-hybridized carbons (Fsp3) is 0.417. The van der Waals surface area contributed by atoms with E-state index in [-0.39, 0.29) is 11.6 Å². The van der Waals surface area contributed by atoms with E-state index in [0.717, 1.165) is 0 Å². The molecule has 0 heterocycles. The fourth-order valence-electron chi connectivity index (χ4n) is 1.50. The summed E-state index contributed by atoms with van der Waals surface area (Å²) in [5, 5.41) is 16.7. The quantitative estimate of drug-likeness (QED) is 0.602. The lowest BCUT2D eigenvalue weighted by atomic mass is 10.2. The van der Waals surface area contributed by atoms with Gasteiger partial charge in [-0.25, -0.2) is 0 Å². The van der Waals surface area contributed by atoms with Gasteiger partial charge < -0.3 is 15.5 Å². The number of amides is 1. The van der Waals surface area contributed by atoms with Gasteiger partial charge in [0, 0.05) is 57.6 Å². The second kappa shape index (κ2) is 6.58. The van der Waals surface area contributed by atoms with Gasteiger partial charge in [-0.15, -0.1) is 0 Å². The largest absolute Gasteiger partial charge is 0.388 e. The van der Waals surface area contributed by atoms with Crippen LogP contribution in [0.4, 0.5) is 17.1 Å². The summed E-state index contributed by atoms with van der Waals surface area (Å²) < 4.78 is 0. The van der Waals surface area contributed by atoms with Crippen molar-refractivity contribution in [1.82, 2.24) is 4.90 Å². The van der Waals surface area contributed by atoms with Crippen molar-refractivity contribution in [1.29, 1.82) is 0 Å². The number of nitro benzene ring substituents is 1. The third-order valence-corrected chi connectivity index (χ3v) is 2.58. The number of anilines is 2. The van der Waals surface area contributed by atoms with Crippen LogP contribution in [-0.2, 0) is 4.79 Å². The standard InChI is InChI=1S/C12H18N4O3/c1-13-9-6-10(8-11(7-9)16(18)19)14-5-4-12(17)15(2)3/h6-8,13-14H,4-5H2,1-3H3. The molecule has 7 nitrogen and oxygen atoms in total. The fourth-order valence-corrected chi connectivity index (χ4v) is 1.50. The number of rotatable bonds is 6. The topological polar surface area (TPSA) is 87.5 Å². The molecule has 2 N–H and O–H groups in total. The average Bonchev–Trinajstić information content (AvgIpc) is 2.37. The van der Waals surface area contributed by atoms with Crippen molar-refractivity contribution in [2.75, 3.05) is 38.3 Å². The van der Waals surface area contributed by atoms with E-state index in [9.17, 15) is 14.9 Å². The van der Waals surface area contributed by atoms with Gasteiger partial charge in [0.05, 0.1) is 4.92 Å². The van der Waals surface area contributed by atoms with Crippen molar-refractivity contribution in [2.45, 2.75) is 6.42 Å². The molecule has 0 bridgehead atoms. The number of benzene rings is 1. The minimum atomic E-state index is -0.447. The minimum absolute atomic E-state index is 0.00627. The normalized spacial score (nSPS) is 9.84. The average molecular weight is 266 g/mol. The van der Waals surface area contributed by atoms with Gasteiger partial charge in [0.25, 0.3) is 5.69 Å². The summed E-state index contributed by atoms with van der Waals surface area (Å²) in [6.07, 6.45) is 0.338. The highest BCUT2D eigenvalue weighted by atomic mass is 16.6. The Morgan fingerprint density at radius 2 is 1.95 bits per heavy atom. The maximum Gasteiger partial charge on any atom is 0.273 e. The third-order valence-electron chi connectivity index (χ3n) is 2.58. The molecule has 0 aliphatic heterocycles. The zero-order valence-electron chi connectivity index (χ0n) is 11.3. The first kappa shape index (κ1) is 14.7. The molecule has 1 rings (SSSR count). The van der Waals surface area contributed by atoms with E-state index in [2.05, 4.69) is 10.6 Å². The number of non-ortho nitro benzene ring substituents is 1. The molecule has 0 saturated carbocycles. The zero-order valence-corrected chi connectivity index (χ0v) is 11.3. The smallest absolute Gasteiger partial charge is 0.273 e. The van der Waals surface area contributed by atoms with Gasteiger partial charge in [0.2, 0.25) is 5.91 Å². The Bertz CT molecular complexity index is 474. The maximum atomic E-state index is 11.4. The van der Waals surface area contributed by atoms with Crippen molar-refractivity contribution >= 4 is 23.0 Å². The summed E-state index contributed by atoms with van der Waals surface area (Å²) in [5.41, 5.74) is 1.27. The molecule has 0 aliphatic rings. The van der Waals surface area contributed by atoms with E-state index in [1.165, 1.54) is 17.0 Å². The second-order valence-electron chi connectivity index (χ2n) is 4.24. The van der Waals surface area contributed by atoms with Crippen LogP contribution in [-0.4, -0.2) is 43.4 Å². The van der Waals surface area contributed by atoms with Crippen molar-refractivity contribution in [3.8, 4) is 0 Å². The molecule has 0 aromatic heterocycles. The van der Waals surface area contributed by atoms with Crippen molar-refractivity contribution in [3.05, 3.63) is 28.3 Å². The summed E-state index contributed by atoms with van der Waals surface area (Å²) >= 11 is 0. The summed E-state index contributed by atoms with van der Waals surface area (Å²) in [7, 11) is 5.07. The van der Waals surface area contributed by atoms with Gasteiger partial charge in [0.15, 0.2) is 0 Å². The van der Waals surface area contributed by atoms with Crippen molar-refractivity contribution in [3.63, 3.8) is 0 Å². The van der Waals surface area contributed by atoms with Crippen LogP contribution >= 0.6 is 0 Å². The molecule has 0 aliphatic carbocycles. The Labute approximate surface area is 111 Å². The Kier molecular flexibility index (Phi) is 5.11.